The summed E-state index contributed by atoms with van der Waals surface area (Å²) in [6, 6.07) is 17.4. The van der Waals surface area contributed by atoms with Crippen molar-refractivity contribution >= 4 is 29.5 Å². The number of rotatable bonds is 8. The van der Waals surface area contributed by atoms with Crippen molar-refractivity contribution in [2.75, 3.05) is 13.7 Å². The summed E-state index contributed by atoms with van der Waals surface area (Å²) in [6.07, 6.45) is 3.61. The van der Waals surface area contributed by atoms with Crippen molar-refractivity contribution < 1.29 is 18.7 Å². The van der Waals surface area contributed by atoms with Gasteiger partial charge in [-0.05, 0) is 60.5 Å². The van der Waals surface area contributed by atoms with E-state index in [1.807, 2.05) is 12.1 Å². The molecule has 2 N–H and O–H groups in total. The predicted octanol–water partition coefficient (Wildman–Crippen LogP) is 4.07. The van der Waals surface area contributed by atoms with E-state index in [-0.39, 0.29) is 5.70 Å². The van der Waals surface area contributed by atoms with Gasteiger partial charge >= 0.3 is 0 Å². The maximum absolute atomic E-state index is 12.7. The van der Waals surface area contributed by atoms with E-state index in [1.165, 1.54) is 12.3 Å². The minimum atomic E-state index is -0.415. The highest BCUT2D eigenvalue weighted by molar-refractivity contribution is 6.30. The molecule has 7 heteroatoms. The highest BCUT2D eigenvalue weighted by atomic mass is 35.5. The molecule has 0 aliphatic heterocycles. The Hall–Kier alpha value is -3.51. The lowest BCUT2D eigenvalue weighted by Crippen LogP contribution is -2.35. The van der Waals surface area contributed by atoms with Crippen molar-refractivity contribution in [1.29, 1.82) is 0 Å². The minimum Gasteiger partial charge on any atom is -0.497 e. The summed E-state index contributed by atoms with van der Waals surface area (Å²) in [5.41, 5.74) is 1.52. The molecule has 0 radical (unpaired) electrons. The lowest BCUT2D eigenvalue weighted by molar-refractivity contribution is -0.117. The van der Waals surface area contributed by atoms with Gasteiger partial charge in [-0.25, -0.2) is 0 Å². The Labute approximate surface area is 179 Å². The molecule has 30 heavy (non-hydrogen) atoms. The van der Waals surface area contributed by atoms with Crippen LogP contribution in [0.2, 0.25) is 5.02 Å². The smallest absolute Gasteiger partial charge is 0.267 e. The third-order valence-corrected chi connectivity index (χ3v) is 4.54. The Morgan fingerprint density at radius 2 is 1.80 bits per heavy atom. The summed E-state index contributed by atoms with van der Waals surface area (Å²) in [4.78, 5) is 25.3. The van der Waals surface area contributed by atoms with Gasteiger partial charge in [0.1, 0.15) is 17.2 Å². The molecule has 0 unspecified atom stereocenters. The first-order valence-electron chi connectivity index (χ1n) is 9.28. The molecule has 0 aliphatic carbocycles. The normalized spacial score (nSPS) is 11.1. The number of carbonyl (C=O) groups is 2. The number of furan rings is 1. The van der Waals surface area contributed by atoms with Gasteiger partial charge in [0.25, 0.3) is 11.8 Å². The zero-order chi connectivity index (χ0) is 21.3. The molecule has 0 saturated carbocycles. The molecule has 3 aromatic rings. The number of ether oxygens (including phenoxy) is 1. The van der Waals surface area contributed by atoms with E-state index in [4.69, 9.17) is 20.8 Å². The highest BCUT2D eigenvalue weighted by Gasteiger charge is 2.15. The van der Waals surface area contributed by atoms with Crippen LogP contribution in [0.3, 0.4) is 0 Å². The number of nitrogens with one attached hydrogen (secondary N) is 2. The molecular weight excluding hydrogens is 404 g/mol. The summed E-state index contributed by atoms with van der Waals surface area (Å²) in [5.74, 6) is 0.260. The fraction of sp³-hybridized carbons (Fsp3) is 0.130. The number of benzene rings is 2. The van der Waals surface area contributed by atoms with Crippen molar-refractivity contribution in [2.45, 2.75) is 6.42 Å². The van der Waals surface area contributed by atoms with Crippen LogP contribution < -0.4 is 15.4 Å². The molecule has 0 fully saturated rings. The zero-order valence-electron chi connectivity index (χ0n) is 16.4. The number of hydrogen-bond acceptors (Lipinski definition) is 4. The monoisotopic (exact) mass is 424 g/mol. The van der Waals surface area contributed by atoms with Gasteiger partial charge in [-0.2, -0.15) is 0 Å². The van der Waals surface area contributed by atoms with Gasteiger partial charge in [-0.15, -0.1) is 0 Å². The lowest BCUT2D eigenvalue weighted by Gasteiger charge is -2.11. The third kappa shape index (κ3) is 5.99. The SMILES string of the molecule is COc1ccc(C(=O)N/C(=C\c2ccco2)C(=O)NCCc2ccc(Cl)cc2)cc1. The van der Waals surface area contributed by atoms with E-state index in [0.717, 1.165) is 5.56 Å². The molecule has 1 heterocycles. The van der Waals surface area contributed by atoms with E-state index in [2.05, 4.69) is 10.6 Å². The van der Waals surface area contributed by atoms with Crippen LogP contribution >= 0.6 is 11.6 Å². The first kappa shape index (κ1) is 21.2. The molecule has 0 spiro atoms. The molecule has 2 aromatic carbocycles. The van der Waals surface area contributed by atoms with Crippen molar-refractivity contribution in [3.05, 3.63) is 94.5 Å². The first-order valence-corrected chi connectivity index (χ1v) is 9.66. The van der Waals surface area contributed by atoms with Crippen LogP contribution in [0.15, 0.2) is 77.0 Å². The van der Waals surface area contributed by atoms with Crippen molar-refractivity contribution in [2.24, 2.45) is 0 Å². The van der Waals surface area contributed by atoms with Crippen LogP contribution in [0.5, 0.6) is 5.75 Å². The minimum absolute atomic E-state index is 0.0851. The molecule has 0 bridgehead atoms. The Morgan fingerprint density at radius 3 is 2.43 bits per heavy atom. The van der Waals surface area contributed by atoms with Crippen molar-refractivity contribution in [3.63, 3.8) is 0 Å². The summed E-state index contributed by atoms with van der Waals surface area (Å²) in [7, 11) is 1.55. The van der Waals surface area contributed by atoms with E-state index < -0.39 is 11.8 Å². The summed E-state index contributed by atoms with van der Waals surface area (Å²) >= 11 is 5.89. The van der Waals surface area contributed by atoms with Gasteiger partial charge in [-0.3, -0.25) is 9.59 Å². The molecule has 0 saturated heterocycles. The van der Waals surface area contributed by atoms with Gasteiger partial charge in [0.05, 0.1) is 13.4 Å². The Bertz CT molecular complexity index is 1010. The second kappa shape index (κ2) is 10.3. The third-order valence-electron chi connectivity index (χ3n) is 4.29. The number of carbonyl (C=O) groups excluding carboxylic acids is 2. The van der Waals surface area contributed by atoms with E-state index in [9.17, 15) is 9.59 Å². The van der Waals surface area contributed by atoms with Crippen molar-refractivity contribution in [1.82, 2.24) is 10.6 Å². The van der Waals surface area contributed by atoms with Crippen LogP contribution in [-0.4, -0.2) is 25.5 Å². The van der Waals surface area contributed by atoms with Gasteiger partial charge in [0, 0.05) is 23.2 Å². The largest absolute Gasteiger partial charge is 0.497 e. The van der Waals surface area contributed by atoms with Crippen LogP contribution in [0, 0.1) is 0 Å². The molecule has 6 nitrogen and oxygen atoms in total. The topological polar surface area (TPSA) is 80.6 Å². The first-order chi connectivity index (χ1) is 14.5. The van der Waals surface area contributed by atoms with Gasteiger partial charge in [0.2, 0.25) is 0 Å². The van der Waals surface area contributed by atoms with Crippen LogP contribution in [0.1, 0.15) is 21.7 Å². The number of hydrogen-bond donors (Lipinski definition) is 2. The predicted molar refractivity (Wildman–Crippen MR) is 115 cm³/mol. The average Bonchev–Trinajstić information content (AvgIpc) is 3.28. The number of methoxy groups -OCH3 is 1. The quantitative estimate of drug-likeness (QED) is 0.534. The Kier molecular flexibility index (Phi) is 7.29. The molecular formula is C23H21ClN2O4. The zero-order valence-corrected chi connectivity index (χ0v) is 17.1. The Balaban J connectivity index is 1.67. The average molecular weight is 425 g/mol. The second-order valence-corrected chi connectivity index (χ2v) is 6.82. The Morgan fingerprint density at radius 1 is 1.07 bits per heavy atom. The van der Waals surface area contributed by atoms with Crippen LogP contribution in [0.4, 0.5) is 0 Å². The van der Waals surface area contributed by atoms with E-state index in [1.54, 1.807) is 55.6 Å². The van der Waals surface area contributed by atoms with Crippen LogP contribution in [0.25, 0.3) is 6.08 Å². The fourth-order valence-electron chi connectivity index (χ4n) is 2.68. The maximum Gasteiger partial charge on any atom is 0.267 e. The maximum atomic E-state index is 12.7. The summed E-state index contributed by atoms with van der Waals surface area (Å²) in [5, 5.41) is 6.13. The molecule has 2 amide bonds. The van der Waals surface area contributed by atoms with Gasteiger partial charge in [0.15, 0.2) is 0 Å². The van der Waals surface area contributed by atoms with Crippen molar-refractivity contribution in [3.8, 4) is 5.75 Å². The summed E-state index contributed by atoms with van der Waals surface area (Å²) < 4.78 is 10.4. The van der Waals surface area contributed by atoms with Crippen LogP contribution in [-0.2, 0) is 11.2 Å². The summed E-state index contributed by atoms with van der Waals surface area (Å²) in [6.45, 7) is 0.397. The van der Waals surface area contributed by atoms with E-state index in [0.29, 0.717) is 35.1 Å². The van der Waals surface area contributed by atoms with Gasteiger partial charge < -0.3 is 19.8 Å². The molecule has 0 atom stereocenters. The second-order valence-electron chi connectivity index (χ2n) is 6.39. The number of halogens is 1. The number of amides is 2. The molecule has 1 aromatic heterocycles. The highest BCUT2D eigenvalue weighted by Crippen LogP contribution is 2.13. The molecule has 3 rings (SSSR count). The van der Waals surface area contributed by atoms with Gasteiger partial charge in [-0.1, -0.05) is 23.7 Å². The molecule has 154 valence electrons. The lowest BCUT2D eigenvalue weighted by atomic mass is 10.1. The fourth-order valence-corrected chi connectivity index (χ4v) is 2.80. The standard InChI is InChI=1S/C23H21ClN2O4/c1-29-19-10-6-17(7-11-19)22(27)26-21(15-20-3-2-14-30-20)23(28)25-13-12-16-4-8-18(24)9-5-16/h2-11,14-15H,12-13H2,1H3,(H,25,28)(H,26,27)/b21-15-. The van der Waals surface area contributed by atoms with E-state index >= 15 is 0 Å². The molecule has 0 aliphatic rings.